The van der Waals surface area contributed by atoms with Gasteiger partial charge in [0.1, 0.15) is 0 Å². The molecule has 0 spiro atoms. The molecule has 0 N–H and O–H groups in total. The fourth-order valence-electron chi connectivity index (χ4n) is 0. The Balaban J connectivity index is -0.0000000155. The van der Waals surface area contributed by atoms with E-state index in [0.717, 1.165) is 0 Å². The zero-order chi connectivity index (χ0) is 19.5. The van der Waals surface area contributed by atoms with Crippen molar-refractivity contribution in [3.8, 4) is 0 Å². The molecule has 0 saturated carbocycles. The van der Waals surface area contributed by atoms with E-state index >= 15 is 0 Å². The van der Waals surface area contributed by atoms with Crippen LogP contribution in [-0.4, -0.2) is 41.0 Å². The predicted molar refractivity (Wildman–Crippen MR) is 111 cm³/mol. The Hall–Kier alpha value is -0.510. The number of methoxy groups -OCH3 is 2. The van der Waals surface area contributed by atoms with Crippen molar-refractivity contribution < 1.29 is 9.47 Å². The second-order valence-corrected chi connectivity index (χ2v) is 3.46. The van der Waals surface area contributed by atoms with Crippen molar-refractivity contribution in [2.45, 2.75) is 40.5 Å². The lowest BCUT2D eigenvalue weighted by molar-refractivity contribution is 0.277. The van der Waals surface area contributed by atoms with Gasteiger partial charge in [-0.1, -0.05) is 40.5 Å². The van der Waals surface area contributed by atoms with E-state index in [1.54, 1.807) is 40.2 Å². The predicted octanol–water partition coefficient (Wildman–Crippen LogP) is 6.74. The van der Waals surface area contributed by atoms with Crippen molar-refractivity contribution in [1.82, 2.24) is 0 Å². The molecule has 0 aromatic carbocycles. The lowest BCUT2D eigenvalue weighted by Gasteiger charge is -1.61. The van der Waals surface area contributed by atoms with Gasteiger partial charge in [-0.2, -0.15) is 11.8 Å². The maximum absolute atomic E-state index is 4.25. The van der Waals surface area contributed by atoms with Gasteiger partial charge in [0.05, 0.1) is 0 Å². The topological polar surface area (TPSA) is 18.5 Å². The van der Waals surface area contributed by atoms with E-state index in [1.165, 1.54) is 12.8 Å². The molecule has 0 bridgehead atoms. The van der Waals surface area contributed by atoms with Gasteiger partial charge in [-0.05, 0) is 12.5 Å². The largest absolute Gasteiger partial charge is 0.388 e. The Morgan fingerprint density at radius 2 is 0.571 bits per heavy atom. The van der Waals surface area contributed by atoms with E-state index in [9.17, 15) is 0 Å². The van der Waals surface area contributed by atoms with E-state index in [0.29, 0.717) is 0 Å². The summed E-state index contributed by atoms with van der Waals surface area (Å²) >= 11 is 1.75. The molecule has 0 atom stereocenters. The van der Waals surface area contributed by atoms with Gasteiger partial charge in [0.15, 0.2) is 0 Å². The van der Waals surface area contributed by atoms with Crippen LogP contribution < -0.4 is 0 Å². The Morgan fingerprint density at radius 1 is 0.571 bits per heavy atom. The molecular weight excluding hydrogens is 280 g/mol. The summed E-state index contributed by atoms with van der Waals surface area (Å²) in [6.45, 7) is 26.5. The van der Waals surface area contributed by atoms with Crippen LogP contribution in [0.15, 0.2) is 39.5 Å². The first-order valence-electron chi connectivity index (χ1n) is 6.78. The van der Waals surface area contributed by atoms with E-state index in [-0.39, 0.29) is 0 Å². The molecule has 2 nitrogen and oxygen atoms in total. The quantitative estimate of drug-likeness (QED) is 0.459. The molecule has 0 saturated heterocycles. The van der Waals surface area contributed by atoms with Crippen molar-refractivity contribution >= 4 is 11.8 Å². The van der Waals surface area contributed by atoms with E-state index in [1.807, 2.05) is 12.5 Å². The van der Waals surface area contributed by atoms with Gasteiger partial charge in [-0.3, -0.25) is 0 Å². The Labute approximate surface area is 142 Å². The van der Waals surface area contributed by atoms with Crippen molar-refractivity contribution in [3.05, 3.63) is 39.5 Å². The third-order valence-electron chi connectivity index (χ3n) is 0. The van der Waals surface area contributed by atoms with Crippen LogP contribution in [0.1, 0.15) is 40.5 Å². The highest BCUT2D eigenvalue weighted by molar-refractivity contribution is 7.97. The van der Waals surface area contributed by atoms with Crippen molar-refractivity contribution in [2.75, 3.05) is 41.0 Å². The average Bonchev–Trinajstić information content (AvgIpc) is 2.49. The third kappa shape index (κ3) is 22900. The number of ether oxygens (including phenoxy) is 2. The Bertz CT molecular complexity index is 46.8. The summed E-state index contributed by atoms with van der Waals surface area (Å²) in [5, 5.41) is 0. The zero-order valence-corrected chi connectivity index (χ0v) is 17.7. The van der Waals surface area contributed by atoms with Crippen LogP contribution in [0.25, 0.3) is 0 Å². The number of hydrogen-bond donors (Lipinski definition) is 0. The van der Waals surface area contributed by atoms with Gasteiger partial charge in [-0.25, -0.2) is 0 Å². The van der Waals surface area contributed by atoms with Crippen LogP contribution in [0.2, 0.25) is 0 Å². The molecule has 0 aromatic heterocycles. The average molecular weight is 327 g/mol. The van der Waals surface area contributed by atoms with Crippen LogP contribution in [0, 0.1) is 0 Å². The summed E-state index contributed by atoms with van der Waals surface area (Å²) < 4.78 is 8.50. The molecule has 0 aromatic rings. The number of rotatable bonds is 0. The van der Waals surface area contributed by atoms with E-state index in [4.69, 9.17) is 0 Å². The fourth-order valence-corrected chi connectivity index (χ4v) is 0. The second kappa shape index (κ2) is 331. The number of thioether (sulfide) groups is 1. The van der Waals surface area contributed by atoms with Gasteiger partial charge >= 0.3 is 0 Å². The highest BCUT2D eigenvalue weighted by Gasteiger charge is 1.36. The minimum Gasteiger partial charge on any atom is -0.388 e. The van der Waals surface area contributed by atoms with Gasteiger partial charge in [0, 0.05) is 28.4 Å². The summed E-state index contributed by atoms with van der Waals surface area (Å²) in [6, 6.07) is 0. The monoisotopic (exact) mass is 326 g/mol. The molecular formula is C18H46O2S. The van der Waals surface area contributed by atoms with Crippen LogP contribution in [-0.2, 0) is 9.47 Å². The summed E-state index contributed by atoms with van der Waals surface area (Å²) in [5.74, 6) is 0. The summed E-state index contributed by atoms with van der Waals surface area (Å²) in [4.78, 5) is 0. The summed E-state index contributed by atoms with van der Waals surface area (Å²) in [5.41, 5.74) is 0. The van der Waals surface area contributed by atoms with Gasteiger partial charge in [0.25, 0.3) is 0 Å². The standard InChI is InChI=1S/2C3H8.2C2H6O.C2H6S.3C2H4/c5*1-3-2;3*1-2/h2*3H2,1-2H3;3*1-2H3;3*1-2H2. The minimum atomic E-state index is 1.25. The maximum Gasteiger partial charge on any atom is 0.0351 e. The first kappa shape index (κ1) is 49.9. The molecule has 0 radical (unpaired) electrons. The third-order valence-corrected chi connectivity index (χ3v) is 0. The Morgan fingerprint density at radius 3 is 0.571 bits per heavy atom. The van der Waals surface area contributed by atoms with Gasteiger partial charge < -0.3 is 9.47 Å². The smallest absolute Gasteiger partial charge is 0.0351 e. The second-order valence-electron chi connectivity index (χ2n) is 2.64. The van der Waals surface area contributed by atoms with E-state index in [2.05, 4.69) is 76.6 Å². The highest BCUT2D eigenvalue weighted by Crippen LogP contribution is 1.70. The van der Waals surface area contributed by atoms with Crippen molar-refractivity contribution in [3.63, 3.8) is 0 Å². The molecule has 0 rings (SSSR count). The van der Waals surface area contributed by atoms with Gasteiger partial charge in [0.2, 0.25) is 0 Å². The molecule has 0 aliphatic heterocycles. The normalized spacial score (nSPS) is 4.86. The zero-order valence-electron chi connectivity index (χ0n) is 16.9. The molecule has 0 aliphatic carbocycles. The molecule has 21 heavy (non-hydrogen) atoms. The molecule has 0 fully saturated rings. The molecule has 136 valence electrons. The van der Waals surface area contributed by atoms with Gasteiger partial charge in [-0.15, -0.1) is 39.5 Å². The Kier molecular flexibility index (Phi) is 785. The lowest BCUT2D eigenvalue weighted by atomic mass is 10.6. The molecule has 0 unspecified atom stereocenters. The fraction of sp³-hybridized carbons (Fsp3) is 0.667. The first-order chi connectivity index (χ1) is 10.1. The van der Waals surface area contributed by atoms with Crippen LogP contribution in [0.5, 0.6) is 0 Å². The number of hydrogen-bond acceptors (Lipinski definition) is 3. The van der Waals surface area contributed by atoms with Crippen molar-refractivity contribution in [1.29, 1.82) is 0 Å². The highest BCUT2D eigenvalue weighted by atomic mass is 32.2. The van der Waals surface area contributed by atoms with Crippen molar-refractivity contribution in [2.24, 2.45) is 0 Å². The molecule has 3 heteroatoms. The summed E-state index contributed by atoms with van der Waals surface area (Å²) in [7, 11) is 6.50. The SMILES string of the molecule is C=C.C=C.C=C.CCC.CCC.COC.COC.CSC. The van der Waals surface area contributed by atoms with Crippen LogP contribution in [0.3, 0.4) is 0 Å². The lowest BCUT2D eigenvalue weighted by Crippen LogP contribution is -1.55. The van der Waals surface area contributed by atoms with Crippen LogP contribution in [0.4, 0.5) is 0 Å². The minimum absolute atomic E-state index is 1.25. The molecule has 0 amide bonds. The first-order valence-corrected chi connectivity index (χ1v) is 8.41. The summed E-state index contributed by atoms with van der Waals surface area (Å²) in [6.07, 6.45) is 6.58. The van der Waals surface area contributed by atoms with E-state index < -0.39 is 0 Å². The molecule has 0 aliphatic rings. The van der Waals surface area contributed by atoms with Crippen LogP contribution >= 0.6 is 11.8 Å². The molecule has 0 heterocycles. The maximum atomic E-state index is 4.25.